The largest absolute Gasteiger partial charge is 0.479 e. The summed E-state index contributed by atoms with van der Waals surface area (Å²) in [6.07, 6.45) is -5.53. The fourth-order valence-electron chi connectivity index (χ4n) is 2.08. The Kier molecular flexibility index (Phi) is 4.55. The number of likely N-dealkylation sites (tertiary alicyclic amines) is 1. The molecule has 104 valence electrons. The molecule has 0 radical (unpaired) electrons. The van der Waals surface area contributed by atoms with Crippen LogP contribution in [0.1, 0.15) is 12.8 Å². The number of carbonyl (C=O) groups is 2. The first-order valence-electron chi connectivity index (χ1n) is 5.39. The summed E-state index contributed by atoms with van der Waals surface area (Å²) in [6.45, 7) is -0.202. The highest BCUT2D eigenvalue weighted by atomic mass is 19.4. The molecule has 1 heterocycles. The molecule has 0 saturated carbocycles. The van der Waals surface area contributed by atoms with Crippen molar-refractivity contribution in [3.63, 3.8) is 0 Å². The number of ether oxygens (including phenoxy) is 1. The first-order chi connectivity index (χ1) is 8.27. The minimum Gasteiger partial charge on any atom is -0.479 e. The molecule has 1 unspecified atom stereocenters. The third-order valence-corrected chi connectivity index (χ3v) is 2.99. The van der Waals surface area contributed by atoms with Crippen LogP contribution in [0.5, 0.6) is 0 Å². The van der Waals surface area contributed by atoms with E-state index in [0.717, 1.165) is 0 Å². The van der Waals surface area contributed by atoms with Crippen molar-refractivity contribution in [1.82, 2.24) is 4.90 Å². The predicted molar refractivity (Wildman–Crippen MR) is 53.8 cm³/mol. The Balaban J connectivity index is 2.56. The zero-order chi connectivity index (χ0) is 13.9. The molecule has 1 amide bonds. The van der Waals surface area contributed by atoms with E-state index in [0.29, 0.717) is 4.90 Å². The Morgan fingerprint density at radius 2 is 1.83 bits per heavy atom. The van der Waals surface area contributed by atoms with Crippen molar-refractivity contribution in [2.45, 2.75) is 25.1 Å². The molecule has 1 aliphatic heterocycles. The number of amides is 1. The zero-order valence-corrected chi connectivity index (χ0v) is 9.74. The quantitative estimate of drug-likeness (QED) is 0.826. The van der Waals surface area contributed by atoms with E-state index in [4.69, 9.17) is 9.84 Å². The Hall–Kier alpha value is -1.31. The molecule has 0 bridgehead atoms. The van der Waals surface area contributed by atoms with Gasteiger partial charge >= 0.3 is 18.1 Å². The summed E-state index contributed by atoms with van der Waals surface area (Å²) in [5.74, 6) is -3.38. The zero-order valence-electron chi connectivity index (χ0n) is 9.74. The fraction of sp³-hybridized carbons (Fsp3) is 0.800. The van der Waals surface area contributed by atoms with E-state index in [2.05, 4.69) is 0 Å². The van der Waals surface area contributed by atoms with Crippen LogP contribution >= 0.6 is 0 Å². The average molecular weight is 269 g/mol. The Bertz CT molecular complexity index is 324. The van der Waals surface area contributed by atoms with E-state index in [1.54, 1.807) is 0 Å². The van der Waals surface area contributed by atoms with Gasteiger partial charge < -0.3 is 14.7 Å². The van der Waals surface area contributed by atoms with E-state index >= 15 is 0 Å². The molecule has 0 aromatic heterocycles. The Morgan fingerprint density at radius 3 is 2.17 bits per heavy atom. The molecule has 1 aliphatic rings. The lowest BCUT2D eigenvalue weighted by Gasteiger charge is -2.34. The molecule has 1 fully saturated rings. The van der Waals surface area contributed by atoms with Crippen molar-refractivity contribution in [3.8, 4) is 0 Å². The third-order valence-electron chi connectivity index (χ3n) is 2.99. The van der Waals surface area contributed by atoms with Gasteiger partial charge in [0.05, 0.1) is 0 Å². The van der Waals surface area contributed by atoms with Gasteiger partial charge in [-0.15, -0.1) is 0 Å². The average Bonchev–Trinajstić information content (AvgIpc) is 2.28. The van der Waals surface area contributed by atoms with E-state index < -0.39 is 24.2 Å². The van der Waals surface area contributed by atoms with Crippen LogP contribution in [0.15, 0.2) is 0 Å². The van der Waals surface area contributed by atoms with Gasteiger partial charge in [-0.3, -0.25) is 4.79 Å². The van der Waals surface area contributed by atoms with Crippen LogP contribution < -0.4 is 0 Å². The maximum atomic E-state index is 12.2. The standard InChI is InChI=1S/C10H14F3NO4/c1-18-7(8(15)16)6-2-4-14(5-3-6)9(17)10(11,12)13/h6-7H,2-5H2,1H3,(H,15,16). The highest BCUT2D eigenvalue weighted by molar-refractivity contribution is 5.82. The molecular weight excluding hydrogens is 255 g/mol. The fourth-order valence-corrected chi connectivity index (χ4v) is 2.08. The normalized spacial score (nSPS) is 19.7. The first kappa shape index (κ1) is 14.7. The maximum Gasteiger partial charge on any atom is 0.471 e. The highest BCUT2D eigenvalue weighted by Gasteiger charge is 2.44. The molecule has 1 N–H and O–H groups in total. The van der Waals surface area contributed by atoms with E-state index in [9.17, 15) is 22.8 Å². The maximum absolute atomic E-state index is 12.2. The van der Waals surface area contributed by atoms with Crippen molar-refractivity contribution in [2.24, 2.45) is 5.92 Å². The van der Waals surface area contributed by atoms with Crippen molar-refractivity contribution < 1.29 is 32.6 Å². The molecule has 1 saturated heterocycles. The lowest BCUT2D eigenvalue weighted by molar-refractivity contribution is -0.187. The van der Waals surface area contributed by atoms with Crippen molar-refractivity contribution in [3.05, 3.63) is 0 Å². The number of carbonyl (C=O) groups excluding carboxylic acids is 1. The molecule has 8 heteroatoms. The smallest absolute Gasteiger partial charge is 0.471 e. The number of hydrogen-bond acceptors (Lipinski definition) is 3. The topological polar surface area (TPSA) is 66.8 Å². The summed E-state index contributed by atoms with van der Waals surface area (Å²) in [6, 6.07) is 0. The molecule has 0 aromatic carbocycles. The number of carboxylic acids is 1. The Morgan fingerprint density at radius 1 is 1.33 bits per heavy atom. The SMILES string of the molecule is COC(C(=O)O)C1CCN(C(=O)C(F)(F)F)CC1. The van der Waals surface area contributed by atoms with Crippen LogP contribution in [0.2, 0.25) is 0 Å². The van der Waals surface area contributed by atoms with Gasteiger partial charge in [-0.1, -0.05) is 0 Å². The van der Waals surface area contributed by atoms with Crippen molar-refractivity contribution >= 4 is 11.9 Å². The second-order valence-corrected chi connectivity index (χ2v) is 4.12. The number of nitrogens with zero attached hydrogens (tertiary/aromatic N) is 1. The summed E-state index contributed by atoms with van der Waals surface area (Å²) in [4.78, 5) is 22.5. The van der Waals surface area contributed by atoms with E-state index in [1.165, 1.54) is 7.11 Å². The first-order valence-corrected chi connectivity index (χ1v) is 5.39. The van der Waals surface area contributed by atoms with Gasteiger partial charge in [-0.25, -0.2) is 4.79 Å². The summed E-state index contributed by atoms with van der Waals surface area (Å²) in [7, 11) is 1.24. The number of carboxylic acid groups (broad SMARTS) is 1. The van der Waals surface area contributed by atoms with Gasteiger partial charge in [0.25, 0.3) is 0 Å². The molecule has 0 spiro atoms. The number of aliphatic carboxylic acids is 1. The minimum absolute atomic E-state index is 0.101. The summed E-state index contributed by atoms with van der Waals surface area (Å²) in [5, 5.41) is 8.84. The van der Waals surface area contributed by atoms with Crippen LogP contribution in [-0.2, 0) is 14.3 Å². The molecule has 18 heavy (non-hydrogen) atoms. The van der Waals surface area contributed by atoms with E-state index in [1.807, 2.05) is 0 Å². The second kappa shape index (κ2) is 5.55. The second-order valence-electron chi connectivity index (χ2n) is 4.12. The molecule has 1 atom stereocenters. The summed E-state index contributed by atoms with van der Waals surface area (Å²) in [5.41, 5.74) is 0. The number of hydrogen-bond donors (Lipinski definition) is 1. The van der Waals surface area contributed by atoms with Crippen LogP contribution in [0.25, 0.3) is 0 Å². The number of rotatable bonds is 3. The molecule has 0 aromatic rings. The highest BCUT2D eigenvalue weighted by Crippen LogP contribution is 2.26. The van der Waals surface area contributed by atoms with Crippen LogP contribution in [-0.4, -0.2) is 54.4 Å². The molecule has 1 rings (SSSR count). The summed E-state index contributed by atoms with van der Waals surface area (Å²) >= 11 is 0. The van der Waals surface area contributed by atoms with Gasteiger partial charge in [0.1, 0.15) is 0 Å². The van der Waals surface area contributed by atoms with Gasteiger partial charge in [0, 0.05) is 20.2 Å². The molecule has 0 aliphatic carbocycles. The molecule has 5 nitrogen and oxygen atoms in total. The van der Waals surface area contributed by atoms with Crippen molar-refractivity contribution in [1.29, 1.82) is 0 Å². The Labute approximate surface area is 102 Å². The van der Waals surface area contributed by atoms with Crippen LogP contribution in [0.4, 0.5) is 13.2 Å². The number of alkyl halides is 3. The lowest BCUT2D eigenvalue weighted by Crippen LogP contribution is -2.48. The number of methoxy groups -OCH3 is 1. The van der Waals surface area contributed by atoms with Gasteiger partial charge in [-0.2, -0.15) is 13.2 Å². The lowest BCUT2D eigenvalue weighted by atomic mass is 9.91. The predicted octanol–water partition coefficient (Wildman–Crippen LogP) is 0.887. The molecular formula is C10H14F3NO4. The minimum atomic E-state index is -4.87. The van der Waals surface area contributed by atoms with Gasteiger partial charge in [-0.05, 0) is 18.8 Å². The van der Waals surface area contributed by atoms with Crippen molar-refractivity contribution in [2.75, 3.05) is 20.2 Å². The van der Waals surface area contributed by atoms with Crippen LogP contribution in [0.3, 0.4) is 0 Å². The van der Waals surface area contributed by atoms with Gasteiger partial charge in [0.2, 0.25) is 0 Å². The number of piperidine rings is 1. The number of halogens is 3. The third kappa shape index (κ3) is 3.34. The summed E-state index contributed by atoms with van der Waals surface area (Å²) < 4.78 is 41.3. The van der Waals surface area contributed by atoms with Gasteiger partial charge in [0.15, 0.2) is 6.10 Å². The monoisotopic (exact) mass is 269 g/mol. The van der Waals surface area contributed by atoms with Crippen LogP contribution in [0, 0.1) is 5.92 Å². The van der Waals surface area contributed by atoms with E-state index in [-0.39, 0.29) is 31.8 Å².